The number of rotatable bonds is 3. The van der Waals surface area contributed by atoms with Gasteiger partial charge >= 0.3 is 0 Å². The second-order valence-electron chi connectivity index (χ2n) is 11.9. The molecule has 30 heavy (non-hydrogen) atoms. The molecule has 166 valence electrons. The molecule has 0 bridgehead atoms. The molecule has 6 nitrogen and oxygen atoms in total. The van der Waals surface area contributed by atoms with Gasteiger partial charge in [-0.05, 0) is 111 Å². The zero-order chi connectivity index (χ0) is 21.3. The smallest absolute Gasteiger partial charge is 0.171 e. The molecule has 0 aromatic carbocycles. The van der Waals surface area contributed by atoms with Crippen molar-refractivity contribution in [3.8, 4) is 0 Å². The molecule has 6 heteroatoms. The summed E-state index contributed by atoms with van der Waals surface area (Å²) in [5, 5.41) is 22.8. The van der Waals surface area contributed by atoms with E-state index >= 15 is 0 Å². The van der Waals surface area contributed by atoms with Crippen LogP contribution < -0.4 is 0 Å². The first-order valence-corrected chi connectivity index (χ1v) is 12.1. The number of hydrogen-bond acceptors (Lipinski definition) is 5. The number of tetrazole rings is 1. The summed E-state index contributed by atoms with van der Waals surface area (Å²) >= 11 is 0. The minimum Gasteiger partial charge on any atom is -0.390 e. The second-order valence-corrected chi connectivity index (χ2v) is 11.9. The lowest BCUT2D eigenvalue weighted by Gasteiger charge is -2.61. The van der Waals surface area contributed by atoms with Crippen LogP contribution in [0, 0.1) is 47.3 Å². The van der Waals surface area contributed by atoms with E-state index in [-0.39, 0.29) is 17.9 Å². The number of Topliss-reactive ketones (excluding diaryl/α,β-unsaturated/α-hetero) is 1. The zero-order valence-electron chi connectivity index (χ0n) is 19.1. The van der Waals surface area contributed by atoms with Crippen molar-refractivity contribution >= 4 is 5.78 Å². The Morgan fingerprint density at radius 1 is 1.03 bits per heavy atom. The number of hydrogen-bond donors (Lipinski definition) is 1. The van der Waals surface area contributed by atoms with E-state index in [1.165, 1.54) is 30.5 Å². The van der Waals surface area contributed by atoms with Gasteiger partial charge < -0.3 is 5.11 Å². The molecule has 4 saturated carbocycles. The lowest BCUT2D eigenvalue weighted by atomic mass is 9.44. The standard InChI is InChI=1S/C24H38N4O2/c1-15-25-27-28(26-15)14-21(29)20-8-7-18-17-6-5-16-13-22(2,30)11-12-23(16,3)19(17)9-10-24(18,20)4/h16-20,30H,5-14H2,1-4H3/t16-,17+,18+,19+,20+,22-,23+,24+/m1/s1. The third kappa shape index (κ3) is 3.08. The highest BCUT2D eigenvalue weighted by Crippen LogP contribution is 2.68. The van der Waals surface area contributed by atoms with Crippen molar-refractivity contribution in [1.29, 1.82) is 0 Å². The molecule has 0 saturated heterocycles. The number of nitrogens with zero attached hydrogens (tertiary/aromatic N) is 4. The van der Waals surface area contributed by atoms with Gasteiger partial charge in [0.15, 0.2) is 11.6 Å². The quantitative estimate of drug-likeness (QED) is 0.810. The molecule has 0 unspecified atom stereocenters. The summed E-state index contributed by atoms with van der Waals surface area (Å²) in [6.45, 7) is 9.04. The molecule has 0 radical (unpaired) electrons. The van der Waals surface area contributed by atoms with Crippen LogP contribution >= 0.6 is 0 Å². The average Bonchev–Trinajstić information content (AvgIpc) is 3.24. The van der Waals surface area contributed by atoms with Crippen molar-refractivity contribution < 1.29 is 9.90 Å². The van der Waals surface area contributed by atoms with Gasteiger partial charge in [-0.2, -0.15) is 4.80 Å². The molecule has 4 aliphatic carbocycles. The van der Waals surface area contributed by atoms with E-state index in [0.717, 1.165) is 43.9 Å². The van der Waals surface area contributed by atoms with Crippen LogP contribution in [0.5, 0.6) is 0 Å². The summed E-state index contributed by atoms with van der Waals surface area (Å²) in [7, 11) is 0. The monoisotopic (exact) mass is 414 g/mol. The largest absolute Gasteiger partial charge is 0.390 e. The van der Waals surface area contributed by atoms with E-state index in [1.807, 2.05) is 13.8 Å². The molecule has 1 aromatic heterocycles. The molecular formula is C24H38N4O2. The lowest BCUT2D eigenvalue weighted by Crippen LogP contribution is -2.55. The highest BCUT2D eigenvalue weighted by molar-refractivity contribution is 5.81. The maximum Gasteiger partial charge on any atom is 0.171 e. The summed E-state index contributed by atoms with van der Waals surface area (Å²) < 4.78 is 0. The summed E-state index contributed by atoms with van der Waals surface area (Å²) in [6.07, 6.45) is 10.2. The van der Waals surface area contributed by atoms with Gasteiger partial charge in [0.25, 0.3) is 0 Å². The lowest BCUT2D eigenvalue weighted by molar-refractivity contribution is -0.151. The minimum absolute atomic E-state index is 0.122. The van der Waals surface area contributed by atoms with Gasteiger partial charge in [0.2, 0.25) is 0 Å². The zero-order valence-corrected chi connectivity index (χ0v) is 19.1. The molecule has 1 heterocycles. The summed E-state index contributed by atoms with van der Waals surface area (Å²) in [5.74, 6) is 3.88. The second kappa shape index (κ2) is 6.85. The molecule has 0 amide bonds. The molecule has 4 aliphatic rings. The van der Waals surface area contributed by atoms with Crippen LogP contribution in [0.2, 0.25) is 0 Å². The average molecular weight is 415 g/mol. The van der Waals surface area contributed by atoms with Crippen LogP contribution in [0.15, 0.2) is 0 Å². The van der Waals surface area contributed by atoms with Crippen molar-refractivity contribution in [2.45, 2.75) is 97.6 Å². The fourth-order valence-corrected chi connectivity index (χ4v) is 8.60. The molecule has 0 aliphatic heterocycles. The highest BCUT2D eigenvalue weighted by Gasteiger charge is 2.61. The van der Waals surface area contributed by atoms with E-state index in [2.05, 4.69) is 29.3 Å². The van der Waals surface area contributed by atoms with Gasteiger partial charge in [-0.15, -0.1) is 10.2 Å². The Morgan fingerprint density at radius 2 is 1.80 bits per heavy atom. The fraction of sp³-hybridized carbons (Fsp3) is 0.917. The van der Waals surface area contributed by atoms with E-state index < -0.39 is 5.60 Å². The fourth-order valence-electron chi connectivity index (χ4n) is 8.60. The Morgan fingerprint density at radius 3 is 2.53 bits per heavy atom. The van der Waals surface area contributed by atoms with Crippen LogP contribution in [0.4, 0.5) is 0 Å². The van der Waals surface area contributed by atoms with Crippen LogP contribution in [0.3, 0.4) is 0 Å². The van der Waals surface area contributed by atoms with Crippen LogP contribution in [0.25, 0.3) is 0 Å². The van der Waals surface area contributed by atoms with Gasteiger partial charge in [-0.3, -0.25) is 4.79 Å². The van der Waals surface area contributed by atoms with Crippen molar-refractivity contribution in [3.63, 3.8) is 0 Å². The van der Waals surface area contributed by atoms with Crippen LogP contribution in [-0.4, -0.2) is 36.7 Å². The molecule has 8 atom stereocenters. The molecule has 5 rings (SSSR count). The SMILES string of the molecule is Cc1nnn(CC(=O)[C@@H]2CC[C@H]3[C@@H]4CC[C@@H]5C[C@](C)(O)CC[C@]5(C)[C@H]4CC[C@]23C)n1. The number of aliphatic hydroxyl groups is 1. The van der Waals surface area contributed by atoms with Gasteiger partial charge in [0.05, 0.1) is 5.60 Å². The summed E-state index contributed by atoms with van der Waals surface area (Å²) in [6, 6.07) is 0. The Labute approximate surface area is 180 Å². The molecule has 1 N–H and O–H groups in total. The van der Waals surface area contributed by atoms with E-state index in [9.17, 15) is 9.90 Å². The van der Waals surface area contributed by atoms with Gasteiger partial charge in [-0.25, -0.2) is 0 Å². The van der Waals surface area contributed by atoms with Crippen molar-refractivity contribution in [3.05, 3.63) is 5.82 Å². The Kier molecular flexibility index (Phi) is 4.70. The van der Waals surface area contributed by atoms with Crippen molar-refractivity contribution in [2.75, 3.05) is 0 Å². The maximum atomic E-state index is 13.3. The first-order chi connectivity index (χ1) is 14.1. The third-order valence-corrected chi connectivity index (χ3v) is 10.2. The molecule has 1 aromatic rings. The maximum absolute atomic E-state index is 13.3. The number of aromatic nitrogens is 4. The number of fused-ring (bicyclic) bond motifs is 5. The normalized spacial score (nSPS) is 48.0. The summed E-state index contributed by atoms with van der Waals surface area (Å²) in [4.78, 5) is 14.7. The number of aryl methyl sites for hydroxylation is 1. The van der Waals surface area contributed by atoms with Crippen molar-refractivity contribution in [1.82, 2.24) is 20.2 Å². The van der Waals surface area contributed by atoms with Gasteiger partial charge in [0.1, 0.15) is 6.54 Å². The molecule has 0 spiro atoms. The predicted octanol–water partition coefficient (Wildman–Crippen LogP) is 3.96. The van der Waals surface area contributed by atoms with E-state index in [4.69, 9.17) is 0 Å². The minimum atomic E-state index is -0.473. The van der Waals surface area contributed by atoms with Crippen molar-refractivity contribution in [2.24, 2.45) is 40.4 Å². The molecular weight excluding hydrogens is 376 g/mol. The van der Waals surface area contributed by atoms with Crippen LogP contribution in [0.1, 0.15) is 84.4 Å². The van der Waals surface area contributed by atoms with E-state index in [0.29, 0.717) is 28.9 Å². The first kappa shape index (κ1) is 20.6. The Bertz CT molecular complexity index is 835. The summed E-state index contributed by atoms with van der Waals surface area (Å²) in [5.41, 5.74) is 0.0206. The highest BCUT2D eigenvalue weighted by atomic mass is 16.3. The Balaban J connectivity index is 1.34. The first-order valence-electron chi connectivity index (χ1n) is 12.1. The predicted molar refractivity (Wildman–Crippen MR) is 113 cm³/mol. The third-order valence-electron chi connectivity index (χ3n) is 10.2. The van der Waals surface area contributed by atoms with Gasteiger partial charge in [0, 0.05) is 5.92 Å². The number of carbonyl (C=O) groups excluding carboxylic acids is 1. The topological polar surface area (TPSA) is 80.9 Å². The Hall–Kier alpha value is -1.30. The van der Waals surface area contributed by atoms with Gasteiger partial charge in [-0.1, -0.05) is 13.8 Å². The number of carbonyl (C=O) groups is 1. The molecule has 4 fully saturated rings. The number of ketones is 1. The van der Waals surface area contributed by atoms with E-state index in [1.54, 1.807) is 0 Å². The van der Waals surface area contributed by atoms with Crippen LogP contribution in [-0.2, 0) is 11.3 Å².